The molecular weight excluding hydrogens is 600 g/mol. The molecule has 204 valence electrons. The van der Waals surface area contributed by atoms with E-state index in [0.29, 0.717) is 16.2 Å². The Morgan fingerprint density at radius 2 is 1.38 bits per heavy atom. The molecule has 0 unspecified atom stereocenters. The quantitative estimate of drug-likeness (QED) is 0.126. The summed E-state index contributed by atoms with van der Waals surface area (Å²) in [5, 5.41) is 23.9. The van der Waals surface area contributed by atoms with Crippen molar-refractivity contribution < 1.29 is 32.6 Å². The second-order valence-corrected chi connectivity index (χ2v) is 9.59. The normalized spacial score (nSPS) is 11.2. The molecule has 3 aromatic carbocycles. The molecule has 0 aliphatic rings. The van der Waals surface area contributed by atoms with E-state index in [9.17, 15) is 43.0 Å². The van der Waals surface area contributed by atoms with Crippen molar-refractivity contribution in [2.75, 3.05) is 4.90 Å². The first-order valence-corrected chi connectivity index (χ1v) is 12.3. The third kappa shape index (κ3) is 5.78. The Morgan fingerprint density at radius 3 is 1.85 bits per heavy atom. The van der Waals surface area contributed by atoms with Crippen LogP contribution in [0, 0.1) is 20.2 Å². The van der Waals surface area contributed by atoms with Crippen LogP contribution >= 0.6 is 34.5 Å². The number of anilines is 1. The molecule has 0 saturated heterocycles. The van der Waals surface area contributed by atoms with Gasteiger partial charge in [0.25, 0.3) is 23.2 Å². The summed E-state index contributed by atoms with van der Waals surface area (Å²) < 4.78 is 39.7. The lowest BCUT2D eigenvalue weighted by molar-refractivity contribution is -0.385. The van der Waals surface area contributed by atoms with Gasteiger partial charge >= 0.3 is 6.18 Å². The molecule has 0 bridgehead atoms. The number of carbonyl (C=O) groups is 2. The summed E-state index contributed by atoms with van der Waals surface area (Å²) in [5.74, 6) is -2.64. The predicted molar refractivity (Wildman–Crippen MR) is 140 cm³/mol. The lowest BCUT2D eigenvalue weighted by Crippen LogP contribution is -2.37. The molecule has 0 spiro atoms. The molecule has 0 aliphatic carbocycles. The lowest BCUT2D eigenvalue weighted by atomic mass is 10.1. The monoisotopic (exact) mass is 610 g/mol. The van der Waals surface area contributed by atoms with Gasteiger partial charge in [-0.15, -0.1) is 11.3 Å². The second-order valence-electron chi connectivity index (χ2n) is 7.88. The van der Waals surface area contributed by atoms with Gasteiger partial charge in [0.15, 0.2) is 5.13 Å². The van der Waals surface area contributed by atoms with Crippen LogP contribution in [-0.2, 0) is 6.18 Å². The van der Waals surface area contributed by atoms with E-state index in [1.165, 1.54) is 11.4 Å². The van der Waals surface area contributed by atoms with Crippen LogP contribution in [0.4, 0.5) is 29.7 Å². The third-order valence-corrected chi connectivity index (χ3v) is 6.64. The number of benzene rings is 3. The number of nitro groups is 2. The van der Waals surface area contributed by atoms with Crippen molar-refractivity contribution in [3.05, 3.63) is 113 Å². The Balaban J connectivity index is 1.91. The fourth-order valence-corrected chi connectivity index (χ4v) is 4.71. The van der Waals surface area contributed by atoms with Gasteiger partial charge in [0.05, 0.1) is 21.1 Å². The fraction of sp³-hybridized carbons (Fsp3) is 0.0417. The number of thiazole rings is 1. The number of nitro benzene ring substituents is 2. The molecule has 10 nitrogen and oxygen atoms in total. The summed E-state index contributed by atoms with van der Waals surface area (Å²) in [6.07, 6.45) is -4.66. The van der Waals surface area contributed by atoms with Crippen molar-refractivity contribution in [2.24, 2.45) is 0 Å². The second kappa shape index (κ2) is 11.0. The molecule has 0 saturated carbocycles. The van der Waals surface area contributed by atoms with Crippen LogP contribution in [-0.4, -0.2) is 26.6 Å². The topological polar surface area (TPSA) is 137 Å². The first-order valence-electron chi connectivity index (χ1n) is 10.7. The van der Waals surface area contributed by atoms with Crippen molar-refractivity contribution in [1.82, 2.24) is 4.98 Å². The summed E-state index contributed by atoms with van der Waals surface area (Å²) in [7, 11) is 0. The number of halogens is 5. The fourth-order valence-electron chi connectivity index (χ4n) is 3.54. The van der Waals surface area contributed by atoms with Crippen LogP contribution in [0.1, 0.15) is 26.3 Å². The molecule has 4 rings (SSSR count). The number of hydrogen-bond donors (Lipinski definition) is 0. The molecule has 4 aromatic rings. The highest BCUT2D eigenvalue weighted by atomic mass is 35.5. The number of amides is 2. The Bertz CT molecular complexity index is 1620. The summed E-state index contributed by atoms with van der Waals surface area (Å²) in [4.78, 5) is 53.3. The summed E-state index contributed by atoms with van der Waals surface area (Å²) in [6, 6.07) is 10.1. The summed E-state index contributed by atoms with van der Waals surface area (Å²) in [5.41, 5.74) is -3.83. The first-order chi connectivity index (χ1) is 18.8. The van der Waals surface area contributed by atoms with E-state index in [-0.39, 0.29) is 21.3 Å². The molecule has 1 heterocycles. The lowest BCUT2D eigenvalue weighted by Gasteiger charge is -2.18. The maximum absolute atomic E-state index is 13.7. The minimum atomic E-state index is -4.66. The van der Waals surface area contributed by atoms with Gasteiger partial charge in [0, 0.05) is 33.1 Å². The van der Waals surface area contributed by atoms with Gasteiger partial charge in [-0.3, -0.25) is 29.8 Å². The number of alkyl halides is 3. The van der Waals surface area contributed by atoms with Gasteiger partial charge in [0.2, 0.25) is 0 Å². The van der Waals surface area contributed by atoms with Crippen molar-refractivity contribution in [2.45, 2.75) is 6.18 Å². The summed E-state index contributed by atoms with van der Waals surface area (Å²) in [6.45, 7) is 0. The minimum Gasteiger partial charge on any atom is -0.268 e. The third-order valence-electron chi connectivity index (χ3n) is 5.35. The van der Waals surface area contributed by atoms with Crippen molar-refractivity contribution in [3.8, 4) is 11.3 Å². The minimum absolute atomic E-state index is 0.0142. The molecule has 1 aromatic heterocycles. The van der Waals surface area contributed by atoms with Crippen LogP contribution in [0.15, 0.2) is 66.0 Å². The van der Waals surface area contributed by atoms with Crippen molar-refractivity contribution >= 4 is 62.9 Å². The maximum Gasteiger partial charge on any atom is 0.416 e. The average molecular weight is 611 g/mol. The molecule has 0 atom stereocenters. The van der Waals surface area contributed by atoms with E-state index in [0.717, 1.165) is 54.6 Å². The Morgan fingerprint density at radius 1 is 0.850 bits per heavy atom. The van der Waals surface area contributed by atoms with Crippen LogP contribution in [0.3, 0.4) is 0 Å². The zero-order chi connectivity index (χ0) is 29.4. The van der Waals surface area contributed by atoms with Crippen LogP contribution < -0.4 is 4.90 Å². The number of rotatable bonds is 6. The highest BCUT2D eigenvalue weighted by Gasteiger charge is 2.36. The van der Waals surface area contributed by atoms with Crippen LogP contribution in [0.5, 0.6) is 0 Å². The van der Waals surface area contributed by atoms with Crippen molar-refractivity contribution in [1.29, 1.82) is 0 Å². The van der Waals surface area contributed by atoms with E-state index >= 15 is 0 Å². The van der Waals surface area contributed by atoms with Gasteiger partial charge < -0.3 is 0 Å². The van der Waals surface area contributed by atoms with Crippen LogP contribution in [0.25, 0.3) is 11.3 Å². The summed E-state index contributed by atoms with van der Waals surface area (Å²) >= 11 is 12.5. The van der Waals surface area contributed by atoms with Crippen molar-refractivity contribution in [3.63, 3.8) is 0 Å². The van der Waals surface area contributed by atoms with E-state index in [2.05, 4.69) is 4.98 Å². The number of nitrogens with zero attached hydrogens (tertiary/aromatic N) is 4. The van der Waals surface area contributed by atoms with E-state index in [1.807, 2.05) is 0 Å². The van der Waals surface area contributed by atoms with Gasteiger partial charge in [0.1, 0.15) is 11.1 Å². The number of aromatic nitrogens is 1. The molecule has 0 N–H and O–H groups in total. The van der Waals surface area contributed by atoms with E-state index < -0.39 is 61.0 Å². The van der Waals surface area contributed by atoms with E-state index in [1.54, 1.807) is 0 Å². The number of carbonyl (C=O) groups excluding carboxylic acids is 2. The highest BCUT2D eigenvalue weighted by Crippen LogP contribution is 2.36. The number of hydrogen-bond acceptors (Lipinski definition) is 8. The van der Waals surface area contributed by atoms with Gasteiger partial charge in [-0.2, -0.15) is 13.2 Å². The van der Waals surface area contributed by atoms with Crippen LogP contribution in [0.2, 0.25) is 10.0 Å². The zero-order valence-electron chi connectivity index (χ0n) is 19.4. The number of imide groups is 1. The highest BCUT2D eigenvalue weighted by molar-refractivity contribution is 7.14. The standard InChI is InChI=1S/C24H11Cl2F3N4O6S/c25-14-4-6-19(32(36)37)16(9-14)21(34)31(22(35)17-10-15(26)5-7-20(17)33(38)39)23-30-18(11-40-23)12-2-1-3-13(8-12)24(27,28)29/h1-11H. The van der Waals surface area contributed by atoms with E-state index in [4.69, 9.17) is 23.2 Å². The average Bonchev–Trinajstić information content (AvgIpc) is 3.37. The molecule has 0 fully saturated rings. The molecule has 40 heavy (non-hydrogen) atoms. The van der Waals surface area contributed by atoms with Gasteiger partial charge in [-0.05, 0) is 36.4 Å². The molecule has 16 heteroatoms. The maximum atomic E-state index is 13.7. The molecule has 0 radical (unpaired) electrons. The predicted octanol–water partition coefficient (Wildman–Crippen LogP) is 7.44. The molecule has 0 aliphatic heterocycles. The Kier molecular flexibility index (Phi) is 7.86. The molecular formula is C24H11Cl2F3N4O6S. The Labute approximate surface area is 235 Å². The SMILES string of the molecule is O=C(c1cc(Cl)ccc1[N+](=O)[O-])N(C(=O)c1cc(Cl)ccc1[N+](=O)[O-])c1nc(-c2cccc(C(F)(F)F)c2)cs1. The Hall–Kier alpha value is -4.40. The first kappa shape index (κ1) is 28.6. The largest absolute Gasteiger partial charge is 0.416 e. The van der Waals surface area contributed by atoms with Gasteiger partial charge in [-0.25, -0.2) is 9.88 Å². The van der Waals surface area contributed by atoms with Gasteiger partial charge in [-0.1, -0.05) is 35.3 Å². The molecule has 2 amide bonds. The smallest absolute Gasteiger partial charge is 0.268 e. The zero-order valence-corrected chi connectivity index (χ0v) is 21.7.